The van der Waals surface area contributed by atoms with E-state index in [2.05, 4.69) is 15.2 Å². The lowest BCUT2D eigenvalue weighted by molar-refractivity contribution is 0.103. The molecule has 1 saturated heterocycles. The summed E-state index contributed by atoms with van der Waals surface area (Å²) in [5, 5.41) is 3.63. The van der Waals surface area contributed by atoms with Gasteiger partial charge in [0.05, 0.1) is 10.6 Å². The van der Waals surface area contributed by atoms with E-state index in [-0.39, 0.29) is 10.8 Å². The van der Waals surface area contributed by atoms with Gasteiger partial charge in [-0.2, -0.15) is 4.31 Å². The van der Waals surface area contributed by atoms with Crippen LogP contribution in [-0.4, -0.2) is 61.7 Å². The van der Waals surface area contributed by atoms with Gasteiger partial charge in [-0.05, 0) is 38.2 Å². The fourth-order valence-corrected chi connectivity index (χ4v) is 5.78. The van der Waals surface area contributed by atoms with Gasteiger partial charge in [-0.15, -0.1) is 11.3 Å². The summed E-state index contributed by atoms with van der Waals surface area (Å²) in [5.74, 6) is -0.258. The van der Waals surface area contributed by atoms with Crippen molar-refractivity contribution in [2.24, 2.45) is 0 Å². The lowest BCUT2D eigenvalue weighted by Crippen LogP contribution is -2.46. The molecule has 3 aromatic rings. The number of nitrogens with zero attached hydrogens (tertiary/aromatic N) is 3. The van der Waals surface area contributed by atoms with Gasteiger partial charge in [-0.25, -0.2) is 13.4 Å². The Bertz CT molecular complexity index is 1170. The molecular formula is C22H24N4O3S2. The number of benzene rings is 2. The van der Waals surface area contributed by atoms with E-state index >= 15 is 0 Å². The van der Waals surface area contributed by atoms with Crippen LogP contribution < -0.4 is 5.32 Å². The topological polar surface area (TPSA) is 82.6 Å². The molecule has 1 fully saturated rings. The van der Waals surface area contributed by atoms with Crippen molar-refractivity contribution in [2.75, 3.05) is 38.5 Å². The first kappa shape index (κ1) is 21.6. The molecule has 0 spiro atoms. The molecule has 1 aliphatic rings. The zero-order valence-electron chi connectivity index (χ0n) is 17.4. The maximum atomic E-state index is 12.8. The molecule has 7 nitrogen and oxygen atoms in total. The number of aromatic nitrogens is 1. The van der Waals surface area contributed by atoms with Crippen molar-refractivity contribution in [3.63, 3.8) is 0 Å². The second kappa shape index (κ2) is 8.88. The lowest BCUT2D eigenvalue weighted by Gasteiger charge is -2.31. The zero-order chi connectivity index (χ0) is 22.0. The zero-order valence-corrected chi connectivity index (χ0v) is 19.0. The van der Waals surface area contributed by atoms with Gasteiger partial charge in [0.25, 0.3) is 5.91 Å². The minimum Gasteiger partial charge on any atom is -0.321 e. The third-order valence-corrected chi connectivity index (χ3v) is 8.35. The summed E-state index contributed by atoms with van der Waals surface area (Å²) in [5.41, 5.74) is 2.17. The van der Waals surface area contributed by atoms with Crippen molar-refractivity contribution in [2.45, 2.75) is 11.8 Å². The Morgan fingerprint density at radius 1 is 1.00 bits per heavy atom. The van der Waals surface area contributed by atoms with Crippen LogP contribution in [0.5, 0.6) is 0 Å². The molecule has 162 valence electrons. The number of hydrogen-bond donors (Lipinski definition) is 1. The fraction of sp³-hybridized carbons (Fsp3) is 0.273. The highest BCUT2D eigenvalue weighted by Gasteiger charge is 2.27. The Labute approximate surface area is 186 Å². The van der Waals surface area contributed by atoms with Gasteiger partial charge < -0.3 is 10.2 Å². The summed E-state index contributed by atoms with van der Waals surface area (Å²) < 4.78 is 27.2. The third-order valence-electron chi connectivity index (χ3n) is 5.24. The monoisotopic (exact) mass is 456 g/mol. The number of likely N-dealkylation sites (N-methyl/N-ethyl adjacent to an activating group) is 1. The summed E-state index contributed by atoms with van der Waals surface area (Å²) in [7, 11) is -1.55. The number of anilines is 1. The predicted molar refractivity (Wildman–Crippen MR) is 123 cm³/mol. The lowest BCUT2D eigenvalue weighted by atomic mass is 10.2. The normalized spacial score (nSPS) is 15.7. The molecule has 1 aromatic heterocycles. The molecule has 4 rings (SSSR count). The second-order valence-electron chi connectivity index (χ2n) is 7.49. The minimum absolute atomic E-state index is 0.232. The Kier molecular flexibility index (Phi) is 6.19. The number of carbonyl (C=O) groups is 1. The first-order valence-electron chi connectivity index (χ1n) is 9.97. The first-order chi connectivity index (χ1) is 14.8. The van der Waals surface area contributed by atoms with E-state index in [9.17, 15) is 13.2 Å². The Hall–Kier alpha value is -2.59. The number of thiazole rings is 1. The van der Waals surface area contributed by atoms with Crippen molar-refractivity contribution in [3.8, 4) is 10.6 Å². The summed E-state index contributed by atoms with van der Waals surface area (Å²) in [6, 6.07) is 16.0. The summed E-state index contributed by atoms with van der Waals surface area (Å²) in [6.45, 7) is 4.19. The quantitative estimate of drug-likeness (QED) is 0.637. The molecule has 0 atom stereocenters. The van der Waals surface area contributed by atoms with Crippen LogP contribution in [0.3, 0.4) is 0 Å². The highest BCUT2D eigenvalue weighted by atomic mass is 32.2. The maximum Gasteiger partial charge on any atom is 0.267 e. The highest BCUT2D eigenvalue weighted by Crippen LogP contribution is 2.28. The molecule has 2 heterocycles. The molecular weight excluding hydrogens is 432 g/mol. The van der Waals surface area contributed by atoms with Gasteiger partial charge in [-0.1, -0.05) is 30.3 Å². The highest BCUT2D eigenvalue weighted by molar-refractivity contribution is 7.89. The van der Waals surface area contributed by atoms with Crippen molar-refractivity contribution in [1.29, 1.82) is 0 Å². The van der Waals surface area contributed by atoms with Crippen LogP contribution >= 0.6 is 11.3 Å². The molecule has 1 amide bonds. The van der Waals surface area contributed by atoms with Gasteiger partial charge in [0.1, 0.15) is 9.88 Å². The molecule has 0 radical (unpaired) electrons. The Balaban J connectivity index is 1.47. The number of aryl methyl sites for hydroxylation is 1. The molecule has 9 heteroatoms. The van der Waals surface area contributed by atoms with Crippen LogP contribution in [0.1, 0.15) is 15.4 Å². The molecule has 0 saturated carbocycles. The summed E-state index contributed by atoms with van der Waals surface area (Å²) in [4.78, 5) is 20.2. The SMILES string of the molecule is Cc1nc(-c2ccccc2)sc1C(=O)Nc1ccc(S(=O)(=O)N2CCN(C)CC2)cc1. The van der Waals surface area contributed by atoms with Gasteiger partial charge in [-0.3, -0.25) is 4.79 Å². The van der Waals surface area contributed by atoms with Gasteiger partial charge in [0.15, 0.2) is 0 Å². The van der Waals surface area contributed by atoms with Crippen molar-refractivity contribution >= 4 is 33.0 Å². The molecule has 0 aliphatic carbocycles. The summed E-state index contributed by atoms with van der Waals surface area (Å²) >= 11 is 1.34. The Morgan fingerprint density at radius 2 is 1.65 bits per heavy atom. The van der Waals surface area contributed by atoms with Crippen LogP contribution in [0.25, 0.3) is 10.6 Å². The predicted octanol–water partition coefficient (Wildman–Crippen LogP) is 3.31. The van der Waals surface area contributed by atoms with Crippen molar-refractivity contribution < 1.29 is 13.2 Å². The largest absolute Gasteiger partial charge is 0.321 e. The minimum atomic E-state index is -3.53. The van der Waals surface area contributed by atoms with E-state index in [1.54, 1.807) is 12.1 Å². The number of rotatable bonds is 5. The number of nitrogens with one attached hydrogen (secondary N) is 1. The molecule has 2 aromatic carbocycles. The van der Waals surface area contributed by atoms with Gasteiger partial charge in [0, 0.05) is 37.4 Å². The van der Waals surface area contributed by atoms with Crippen LogP contribution in [0.2, 0.25) is 0 Å². The van der Waals surface area contributed by atoms with Crippen LogP contribution in [0, 0.1) is 6.92 Å². The number of sulfonamides is 1. The van der Waals surface area contributed by atoms with Crippen LogP contribution in [0.15, 0.2) is 59.5 Å². The Morgan fingerprint density at radius 3 is 2.29 bits per heavy atom. The van der Waals surface area contributed by atoms with Crippen LogP contribution in [0.4, 0.5) is 5.69 Å². The van der Waals surface area contributed by atoms with Gasteiger partial charge in [0.2, 0.25) is 10.0 Å². The second-order valence-corrected chi connectivity index (χ2v) is 10.4. The standard InChI is InChI=1S/C22H24N4O3S2/c1-16-20(30-22(23-16)17-6-4-3-5-7-17)21(27)24-18-8-10-19(11-9-18)31(28,29)26-14-12-25(2)13-15-26/h3-11H,12-15H2,1-2H3,(H,24,27). The van der Waals surface area contributed by atoms with E-state index in [1.807, 2.05) is 44.3 Å². The fourth-order valence-electron chi connectivity index (χ4n) is 3.39. The summed E-state index contributed by atoms with van der Waals surface area (Å²) in [6.07, 6.45) is 0. The number of hydrogen-bond acceptors (Lipinski definition) is 6. The molecule has 1 aliphatic heterocycles. The van der Waals surface area contributed by atoms with Crippen LogP contribution in [-0.2, 0) is 10.0 Å². The average molecular weight is 457 g/mol. The maximum absolute atomic E-state index is 12.8. The van der Waals surface area contributed by atoms with E-state index in [0.29, 0.717) is 42.4 Å². The molecule has 0 bridgehead atoms. The molecule has 1 N–H and O–H groups in total. The van der Waals surface area contributed by atoms with E-state index in [1.165, 1.54) is 27.8 Å². The molecule has 31 heavy (non-hydrogen) atoms. The average Bonchev–Trinajstić information content (AvgIpc) is 3.17. The van der Waals surface area contributed by atoms with E-state index in [4.69, 9.17) is 0 Å². The van der Waals surface area contributed by atoms with Gasteiger partial charge >= 0.3 is 0 Å². The number of amides is 1. The number of piperazine rings is 1. The van der Waals surface area contributed by atoms with Crippen molar-refractivity contribution in [3.05, 3.63) is 65.2 Å². The number of carbonyl (C=O) groups excluding carboxylic acids is 1. The van der Waals surface area contributed by atoms with E-state index < -0.39 is 10.0 Å². The smallest absolute Gasteiger partial charge is 0.267 e. The first-order valence-corrected chi connectivity index (χ1v) is 12.2. The van der Waals surface area contributed by atoms with E-state index in [0.717, 1.165) is 10.6 Å². The molecule has 0 unspecified atom stereocenters. The third kappa shape index (κ3) is 4.69. The van der Waals surface area contributed by atoms with Crippen molar-refractivity contribution in [1.82, 2.24) is 14.2 Å².